The number of benzene rings is 1. The summed E-state index contributed by atoms with van der Waals surface area (Å²) in [6, 6.07) is 12.9. The van der Waals surface area contributed by atoms with Crippen molar-refractivity contribution in [2.24, 2.45) is 0 Å². The number of aromatic carboxylic acids is 1. The van der Waals surface area contributed by atoms with Crippen molar-refractivity contribution in [1.29, 1.82) is 0 Å². The Morgan fingerprint density at radius 3 is 2.30 bits per heavy atom. The van der Waals surface area contributed by atoms with Gasteiger partial charge < -0.3 is 10.4 Å². The summed E-state index contributed by atoms with van der Waals surface area (Å²) in [6.07, 6.45) is 0. The molecule has 1 heterocycles. The molecule has 20 heavy (non-hydrogen) atoms. The zero-order valence-corrected chi connectivity index (χ0v) is 11.8. The maximum atomic E-state index is 10.9. The van der Waals surface area contributed by atoms with Gasteiger partial charge in [0.25, 0.3) is 0 Å². The van der Waals surface area contributed by atoms with Crippen LogP contribution in [0.4, 0.5) is 11.5 Å². The van der Waals surface area contributed by atoms with Crippen LogP contribution in [0, 0.1) is 0 Å². The monoisotopic (exact) mass is 270 g/mol. The number of rotatable bonds is 3. The van der Waals surface area contributed by atoms with Gasteiger partial charge in [0.05, 0.1) is 0 Å². The first kappa shape index (κ1) is 14.1. The first-order chi connectivity index (χ1) is 9.36. The number of hydrogen-bond donors (Lipinski definition) is 2. The normalized spacial score (nSPS) is 11.2. The van der Waals surface area contributed by atoms with Gasteiger partial charge in [-0.15, -0.1) is 0 Å². The molecule has 0 atom stereocenters. The van der Waals surface area contributed by atoms with E-state index in [2.05, 4.69) is 43.2 Å². The Balaban J connectivity index is 2.18. The third kappa shape index (κ3) is 3.35. The van der Waals surface area contributed by atoms with E-state index in [0.29, 0.717) is 5.82 Å². The van der Waals surface area contributed by atoms with E-state index in [9.17, 15) is 4.79 Å². The molecule has 2 aromatic rings. The number of nitrogens with one attached hydrogen (secondary N) is 1. The van der Waals surface area contributed by atoms with Crippen LogP contribution in [0.15, 0.2) is 42.5 Å². The van der Waals surface area contributed by atoms with Crippen molar-refractivity contribution in [2.45, 2.75) is 26.2 Å². The van der Waals surface area contributed by atoms with Crippen LogP contribution in [0.2, 0.25) is 0 Å². The molecular weight excluding hydrogens is 252 g/mol. The van der Waals surface area contributed by atoms with Gasteiger partial charge in [-0.3, -0.25) is 0 Å². The lowest BCUT2D eigenvalue weighted by atomic mass is 9.87. The Morgan fingerprint density at radius 2 is 1.75 bits per heavy atom. The molecule has 0 aliphatic heterocycles. The molecule has 0 radical (unpaired) electrons. The minimum Gasteiger partial charge on any atom is -0.477 e. The van der Waals surface area contributed by atoms with Gasteiger partial charge in [0.1, 0.15) is 5.82 Å². The Kier molecular flexibility index (Phi) is 3.74. The molecule has 2 N–H and O–H groups in total. The van der Waals surface area contributed by atoms with Gasteiger partial charge in [0.15, 0.2) is 5.69 Å². The number of carboxylic acids is 1. The van der Waals surface area contributed by atoms with Crippen molar-refractivity contribution in [1.82, 2.24) is 4.98 Å². The summed E-state index contributed by atoms with van der Waals surface area (Å²) in [5, 5.41) is 12.0. The predicted molar refractivity (Wildman–Crippen MR) is 79.6 cm³/mol. The Bertz CT molecular complexity index is 613. The Hall–Kier alpha value is -2.36. The average molecular weight is 270 g/mol. The third-order valence-electron chi connectivity index (χ3n) is 2.99. The van der Waals surface area contributed by atoms with Crippen molar-refractivity contribution < 1.29 is 9.90 Å². The lowest BCUT2D eigenvalue weighted by Gasteiger charge is -2.19. The summed E-state index contributed by atoms with van der Waals surface area (Å²) in [6.45, 7) is 6.48. The van der Waals surface area contributed by atoms with Crippen molar-refractivity contribution in [3.8, 4) is 0 Å². The predicted octanol–water partition coefficient (Wildman–Crippen LogP) is 3.82. The van der Waals surface area contributed by atoms with E-state index in [0.717, 1.165) is 5.69 Å². The minimum absolute atomic E-state index is 0.0290. The highest BCUT2D eigenvalue weighted by Crippen LogP contribution is 2.24. The van der Waals surface area contributed by atoms with Crippen LogP contribution in [0.1, 0.15) is 36.8 Å². The number of hydrogen-bond acceptors (Lipinski definition) is 3. The quantitative estimate of drug-likeness (QED) is 0.890. The van der Waals surface area contributed by atoms with Crippen molar-refractivity contribution >= 4 is 17.5 Å². The third-order valence-corrected chi connectivity index (χ3v) is 2.99. The van der Waals surface area contributed by atoms with E-state index in [1.165, 1.54) is 11.6 Å². The molecule has 4 nitrogen and oxygen atoms in total. The fourth-order valence-corrected chi connectivity index (χ4v) is 1.82. The summed E-state index contributed by atoms with van der Waals surface area (Å²) < 4.78 is 0. The SMILES string of the molecule is CC(C)(C)c1ccc(Nc2cccc(C(=O)O)n2)cc1. The van der Waals surface area contributed by atoms with Crippen molar-refractivity contribution in [2.75, 3.05) is 5.32 Å². The standard InChI is InChI=1S/C16H18N2O2/c1-16(2,3)11-7-9-12(10-8-11)17-14-6-4-5-13(18-14)15(19)20/h4-10H,1-3H3,(H,17,18)(H,19,20). The maximum Gasteiger partial charge on any atom is 0.354 e. The molecule has 1 aromatic carbocycles. The second-order valence-electron chi connectivity index (χ2n) is 5.67. The van der Waals surface area contributed by atoms with E-state index >= 15 is 0 Å². The fourth-order valence-electron chi connectivity index (χ4n) is 1.82. The van der Waals surface area contributed by atoms with Gasteiger partial charge in [-0.05, 0) is 35.2 Å². The van der Waals surface area contributed by atoms with E-state index in [-0.39, 0.29) is 11.1 Å². The van der Waals surface area contributed by atoms with Gasteiger partial charge in [-0.2, -0.15) is 0 Å². The first-order valence-electron chi connectivity index (χ1n) is 6.44. The molecule has 0 amide bonds. The lowest BCUT2D eigenvalue weighted by molar-refractivity contribution is 0.0690. The summed E-state index contributed by atoms with van der Waals surface area (Å²) in [5.74, 6) is -0.509. The number of carboxylic acid groups (broad SMARTS) is 1. The van der Waals surface area contributed by atoms with E-state index < -0.39 is 5.97 Å². The average Bonchev–Trinajstić information content (AvgIpc) is 2.38. The zero-order chi connectivity index (χ0) is 14.8. The van der Waals surface area contributed by atoms with Crippen molar-refractivity contribution in [3.05, 3.63) is 53.7 Å². The van der Waals surface area contributed by atoms with E-state index in [1.807, 2.05) is 12.1 Å². The molecule has 0 aliphatic carbocycles. The largest absolute Gasteiger partial charge is 0.477 e. The molecule has 2 rings (SSSR count). The first-order valence-corrected chi connectivity index (χ1v) is 6.44. The van der Waals surface area contributed by atoms with Crippen LogP contribution in [0.25, 0.3) is 0 Å². The highest BCUT2D eigenvalue weighted by Gasteiger charge is 2.13. The van der Waals surface area contributed by atoms with Crippen LogP contribution in [0.3, 0.4) is 0 Å². The zero-order valence-electron chi connectivity index (χ0n) is 11.8. The Labute approximate surface area is 118 Å². The molecule has 104 valence electrons. The smallest absolute Gasteiger partial charge is 0.354 e. The van der Waals surface area contributed by atoms with Crippen LogP contribution >= 0.6 is 0 Å². The highest BCUT2D eigenvalue weighted by atomic mass is 16.4. The number of nitrogens with zero attached hydrogens (tertiary/aromatic N) is 1. The molecule has 0 aliphatic rings. The maximum absolute atomic E-state index is 10.9. The van der Waals surface area contributed by atoms with Crippen molar-refractivity contribution in [3.63, 3.8) is 0 Å². The molecule has 0 bridgehead atoms. The van der Waals surface area contributed by atoms with Crippen LogP contribution in [-0.2, 0) is 5.41 Å². The highest BCUT2D eigenvalue weighted by molar-refractivity contribution is 5.85. The minimum atomic E-state index is -1.03. The number of pyridine rings is 1. The number of anilines is 2. The fraction of sp³-hybridized carbons (Fsp3) is 0.250. The summed E-state index contributed by atoms with van der Waals surface area (Å²) in [7, 11) is 0. The van der Waals surface area contributed by atoms with Gasteiger partial charge >= 0.3 is 5.97 Å². The second kappa shape index (κ2) is 5.33. The van der Waals surface area contributed by atoms with Crippen LogP contribution < -0.4 is 5.32 Å². The number of carbonyl (C=O) groups is 1. The van der Waals surface area contributed by atoms with Gasteiger partial charge in [-0.1, -0.05) is 39.0 Å². The second-order valence-corrected chi connectivity index (χ2v) is 5.67. The molecule has 0 unspecified atom stereocenters. The molecular formula is C16H18N2O2. The molecule has 0 saturated carbocycles. The topological polar surface area (TPSA) is 62.2 Å². The lowest BCUT2D eigenvalue weighted by Crippen LogP contribution is -2.10. The summed E-state index contributed by atoms with van der Waals surface area (Å²) >= 11 is 0. The van der Waals surface area contributed by atoms with Gasteiger partial charge in [0, 0.05) is 5.69 Å². The summed E-state index contributed by atoms with van der Waals surface area (Å²) in [4.78, 5) is 14.9. The van der Waals surface area contributed by atoms with Crippen LogP contribution in [0.5, 0.6) is 0 Å². The molecule has 1 aromatic heterocycles. The van der Waals surface area contributed by atoms with Crippen LogP contribution in [-0.4, -0.2) is 16.1 Å². The molecule has 0 saturated heterocycles. The molecule has 0 spiro atoms. The van der Waals surface area contributed by atoms with Gasteiger partial charge in [-0.25, -0.2) is 9.78 Å². The van der Waals surface area contributed by atoms with Gasteiger partial charge in [0.2, 0.25) is 0 Å². The Morgan fingerprint density at radius 1 is 1.10 bits per heavy atom. The molecule has 0 fully saturated rings. The van der Waals surface area contributed by atoms with E-state index in [4.69, 9.17) is 5.11 Å². The molecule has 4 heteroatoms. The summed E-state index contributed by atoms with van der Waals surface area (Å²) in [5.41, 5.74) is 2.27. The number of aromatic nitrogens is 1. The van der Waals surface area contributed by atoms with E-state index in [1.54, 1.807) is 12.1 Å².